The normalized spacial score (nSPS) is 10.4. The molecule has 0 unspecified atom stereocenters. The van der Waals surface area contributed by atoms with Crippen molar-refractivity contribution in [3.05, 3.63) is 42.7 Å². The summed E-state index contributed by atoms with van der Waals surface area (Å²) in [5, 5.41) is 6.74. The number of nitrogens with zero attached hydrogens (tertiary/aromatic N) is 6. The molecule has 0 saturated carbocycles. The summed E-state index contributed by atoms with van der Waals surface area (Å²) in [6, 6.07) is 5.59. The number of rotatable bonds is 4. The molecule has 8 nitrogen and oxygen atoms in total. The summed E-state index contributed by atoms with van der Waals surface area (Å²) in [6.45, 7) is 0. The van der Waals surface area contributed by atoms with Crippen LogP contribution in [0.5, 0.6) is 11.8 Å². The molecule has 0 spiro atoms. The fourth-order valence-electron chi connectivity index (χ4n) is 1.53. The van der Waals surface area contributed by atoms with Gasteiger partial charge in [-0.25, -0.2) is 9.37 Å². The second kappa shape index (κ2) is 5.49. The Balaban J connectivity index is 1.94. The van der Waals surface area contributed by atoms with Crippen molar-refractivity contribution in [2.75, 3.05) is 12.4 Å². The number of ether oxygens (including phenoxy) is 1. The van der Waals surface area contributed by atoms with E-state index in [0.29, 0.717) is 11.7 Å². The van der Waals surface area contributed by atoms with Gasteiger partial charge in [0.25, 0.3) is 5.95 Å². The average molecular weight is 287 g/mol. The van der Waals surface area contributed by atoms with E-state index < -0.39 is 0 Å². The molecule has 0 atom stereocenters. The van der Waals surface area contributed by atoms with E-state index in [4.69, 9.17) is 4.74 Å². The van der Waals surface area contributed by atoms with Gasteiger partial charge in [-0.1, -0.05) is 0 Å². The van der Waals surface area contributed by atoms with Gasteiger partial charge in [0.05, 0.1) is 0 Å². The average Bonchev–Trinajstić information content (AvgIpc) is 3.04. The highest BCUT2D eigenvalue weighted by Gasteiger charge is 2.10. The second-order valence-electron chi connectivity index (χ2n) is 3.89. The van der Waals surface area contributed by atoms with E-state index in [-0.39, 0.29) is 17.8 Å². The summed E-state index contributed by atoms with van der Waals surface area (Å²) >= 11 is 0. The molecule has 0 radical (unpaired) electrons. The van der Waals surface area contributed by atoms with E-state index in [1.807, 2.05) is 0 Å². The van der Waals surface area contributed by atoms with Crippen molar-refractivity contribution in [1.82, 2.24) is 29.7 Å². The van der Waals surface area contributed by atoms with Crippen molar-refractivity contribution in [2.45, 2.75) is 0 Å². The number of anilines is 1. The first-order valence-corrected chi connectivity index (χ1v) is 5.97. The van der Waals surface area contributed by atoms with Crippen LogP contribution in [0.3, 0.4) is 0 Å². The van der Waals surface area contributed by atoms with Crippen LogP contribution in [0.2, 0.25) is 0 Å². The first-order valence-electron chi connectivity index (χ1n) is 5.97. The smallest absolute Gasteiger partial charge is 0.328 e. The molecule has 1 aromatic carbocycles. The van der Waals surface area contributed by atoms with Gasteiger partial charge in [-0.15, -0.1) is 0 Å². The van der Waals surface area contributed by atoms with Crippen LogP contribution >= 0.6 is 0 Å². The monoisotopic (exact) mass is 287 g/mol. The van der Waals surface area contributed by atoms with Crippen LogP contribution in [-0.4, -0.2) is 36.8 Å². The van der Waals surface area contributed by atoms with E-state index in [1.54, 1.807) is 7.05 Å². The second-order valence-corrected chi connectivity index (χ2v) is 3.89. The van der Waals surface area contributed by atoms with Crippen LogP contribution in [0.4, 0.5) is 10.3 Å². The zero-order valence-corrected chi connectivity index (χ0v) is 10.9. The Morgan fingerprint density at radius 1 is 1.14 bits per heavy atom. The minimum absolute atomic E-state index is 0.0615. The van der Waals surface area contributed by atoms with Gasteiger partial charge in [0.1, 0.15) is 24.2 Å². The van der Waals surface area contributed by atoms with Gasteiger partial charge in [0.15, 0.2) is 0 Å². The topological polar surface area (TPSA) is 90.6 Å². The SMILES string of the molecule is CNc1nc(Oc2ccc(F)cc2)nc(-n2cncn2)n1. The van der Waals surface area contributed by atoms with Crippen LogP contribution in [0, 0.1) is 5.82 Å². The molecule has 1 N–H and O–H groups in total. The van der Waals surface area contributed by atoms with Gasteiger partial charge in [0, 0.05) is 7.05 Å². The molecule has 0 aliphatic heterocycles. The molecule has 0 bridgehead atoms. The number of hydrogen-bond acceptors (Lipinski definition) is 7. The van der Waals surface area contributed by atoms with Crippen LogP contribution in [-0.2, 0) is 0 Å². The van der Waals surface area contributed by atoms with Gasteiger partial charge < -0.3 is 10.1 Å². The molecule has 2 aromatic heterocycles. The summed E-state index contributed by atoms with van der Waals surface area (Å²) in [5.74, 6) is 0.628. The number of halogens is 1. The van der Waals surface area contributed by atoms with Gasteiger partial charge >= 0.3 is 6.01 Å². The molecule has 0 aliphatic carbocycles. The minimum atomic E-state index is -0.350. The van der Waals surface area contributed by atoms with Crippen molar-refractivity contribution in [1.29, 1.82) is 0 Å². The third-order valence-corrected chi connectivity index (χ3v) is 2.47. The molecular formula is C12H10FN7O. The molecule has 3 rings (SSSR count). The van der Waals surface area contributed by atoms with Crippen molar-refractivity contribution >= 4 is 5.95 Å². The van der Waals surface area contributed by atoms with E-state index >= 15 is 0 Å². The standard InChI is InChI=1S/C12H10FN7O/c1-14-10-17-11(20-7-15-6-16-20)19-12(18-10)21-9-4-2-8(13)3-5-9/h2-7H,1H3,(H,14,17,18,19). The molecule has 9 heteroatoms. The molecule has 0 saturated heterocycles. The maximum Gasteiger partial charge on any atom is 0.328 e. The zero-order valence-electron chi connectivity index (χ0n) is 10.9. The lowest BCUT2D eigenvalue weighted by Gasteiger charge is -2.07. The number of benzene rings is 1. The van der Waals surface area contributed by atoms with Crippen molar-refractivity contribution in [3.63, 3.8) is 0 Å². The quantitative estimate of drug-likeness (QED) is 0.776. The summed E-state index contributed by atoms with van der Waals surface area (Å²) in [4.78, 5) is 16.2. The van der Waals surface area contributed by atoms with Gasteiger partial charge in [0.2, 0.25) is 5.95 Å². The molecule has 0 amide bonds. The predicted octanol–water partition coefficient (Wildman–Crippen LogP) is 1.43. The highest BCUT2D eigenvalue weighted by Crippen LogP contribution is 2.19. The van der Waals surface area contributed by atoms with Crippen molar-refractivity contribution in [2.24, 2.45) is 0 Å². The molecule has 3 aromatic rings. The van der Waals surface area contributed by atoms with Crippen LogP contribution < -0.4 is 10.1 Å². The van der Waals surface area contributed by atoms with Crippen LogP contribution in [0.25, 0.3) is 5.95 Å². The van der Waals surface area contributed by atoms with Gasteiger partial charge in [-0.05, 0) is 24.3 Å². The molecule has 0 aliphatic rings. The lowest BCUT2D eigenvalue weighted by molar-refractivity contribution is 0.437. The molecule has 0 fully saturated rings. The zero-order chi connectivity index (χ0) is 14.7. The van der Waals surface area contributed by atoms with Crippen molar-refractivity contribution < 1.29 is 9.13 Å². The number of hydrogen-bond donors (Lipinski definition) is 1. The Labute approximate surface area is 118 Å². The molecule has 21 heavy (non-hydrogen) atoms. The summed E-state index contributed by atoms with van der Waals surface area (Å²) < 4.78 is 19.7. The largest absolute Gasteiger partial charge is 0.424 e. The Kier molecular flexibility index (Phi) is 3.37. The molecule has 106 valence electrons. The lowest BCUT2D eigenvalue weighted by atomic mass is 10.3. The molecular weight excluding hydrogens is 277 g/mol. The van der Waals surface area contributed by atoms with Gasteiger partial charge in [-0.3, -0.25) is 0 Å². The maximum absolute atomic E-state index is 12.9. The highest BCUT2D eigenvalue weighted by atomic mass is 19.1. The van der Waals surface area contributed by atoms with Crippen LogP contribution in [0.15, 0.2) is 36.9 Å². The lowest BCUT2D eigenvalue weighted by Crippen LogP contribution is -2.08. The highest BCUT2D eigenvalue weighted by molar-refractivity contribution is 5.31. The summed E-state index contributed by atoms with van der Waals surface area (Å²) in [6.07, 6.45) is 2.82. The predicted molar refractivity (Wildman–Crippen MR) is 70.8 cm³/mol. The van der Waals surface area contributed by atoms with E-state index in [9.17, 15) is 4.39 Å². The Hall–Kier alpha value is -3.10. The fraction of sp³-hybridized carbons (Fsp3) is 0.0833. The van der Waals surface area contributed by atoms with E-state index in [1.165, 1.54) is 41.6 Å². The molecule has 2 heterocycles. The summed E-state index contributed by atoms with van der Waals surface area (Å²) in [5.41, 5.74) is 0. The fourth-order valence-corrected chi connectivity index (χ4v) is 1.53. The Morgan fingerprint density at radius 2 is 1.95 bits per heavy atom. The first-order chi connectivity index (χ1) is 10.2. The van der Waals surface area contributed by atoms with E-state index in [2.05, 4.69) is 30.4 Å². The minimum Gasteiger partial charge on any atom is -0.424 e. The van der Waals surface area contributed by atoms with Crippen LogP contribution in [0.1, 0.15) is 0 Å². The van der Waals surface area contributed by atoms with E-state index in [0.717, 1.165) is 0 Å². The third kappa shape index (κ3) is 2.91. The third-order valence-electron chi connectivity index (χ3n) is 2.47. The first kappa shape index (κ1) is 12.9. The maximum atomic E-state index is 12.9. The Morgan fingerprint density at radius 3 is 2.62 bits per heavy atom. The summed E-state index contributed by atoms with van der Waals surface area (Å²) in [7, 11) is 1.67. The number of nitrogens with one attached hydrogen (secondary N) is 1. The Bertz CT molecular complexity index is 730. The van der Waals surface area contributed by atoms with Crippen molar-refractivity contribution in [3.8, 4) is 17.7 Å². The van der Waals surface area contributed by atoms with Gasteiger partial charge in [-0.2, -0.15) is 24.7 Å². The number of aromatic nitrogens is 6.